The highest BCUT2D eigenvalue weighted by molar-refractivity contribution is 5.96. The maximum absolute atomic E-state index is 12.6. The molecule has 0 unspecified atom stereocenters. The molecule has 2 amide bonds. The van der Waals surface area contributed by atoms with Gasteiger partial charge in [-0.2, -0.15) is 4.98 Å². The predicted molar refractivity (Wildman–Crippen MR) is 178 cm³/mol. The quantitative estimate of drug-likeness (QED) is 0.158. The predicted octanol–water partition coefficient (Wildman–Crippen LogP) is 7.42. The number of hydrogen-bond acceptors (Lipinski definition) is 5. The van der Waals surface area contributed by atoms with E-state index < -0.39 is 6.04 Å². The Hall–Kier alpha value is -4.07. The summed E-state index contributed by atoms with van der Waals surface area (Å²) >= 11 is 0. The van der Waals surface area contributed by atoms with Crippen molar-refractivity contribution >= 4 is 28.9 Å². The number of carbonyl (C=O) groups excluding carboxylic acids is 2. The number of aryl methyl sites for hydroxylation is 1. The summed E-state index contributed by atoms with van der Waals surface area (Å²) in [4.78, 5) is 37.8. The molecule has 0 spiro atoms. The molecule has 0 saturated carbocycles. The number of imidazole rings is 1. The summed E-state index contributed by atoms with van der Waals surface area (Å²) in [6, 6.07) is -0.722. The number of fused-ring (bicyclic) bond motifs is 1. The van der Waals surface area contributed by atoms with Crippen molar-refractivity contribution in [2.45, 2.75) is 84.2 Å². The van der Waals surface area contributed by atoms with E-state index in [0.29, 0.717) is 30.6 Å². The number of amides is 2. The molecule has 0 aliphatic carbocycles. The normalized spacial score (nSPS) is 13.3. The second kappa shape index (κ2) is 21.6. The molecule has 2 aromatic heterocycles. The van der Waals surface area contributed by atoms with Crippen LogP contribution in [-0.2, 0) is 16.1 Å². The fraction of sp³-hybridized carbons (Fsp3) is 0.400. The Morgan fingerprint density at radius 2 is 1.42 bits per heavy atom. The molecule has 8 nitrogen and oxygen atoms in total. The lowest BCUT2D eigenvalue weighted by atomic mass is 10.1. The lowest BCUT2D eigenvalue weighted by Crippen LogP contribution is -2.41. The molecule has 1 atom stereocenters. The monoisotopic (exact) mass is 584 g/mol. The fourth-order valence-corrected chi connectivity index (χ4v) is 3.85. The van der Waals surface area contributed by atoms with E-state index in [4.69, 9.17) is 0 Å². The molecule has 0 fully saturated rings. The SMILES string of the molecule is [CH2]C([CH2])CCn1cnc2cnc(NC(=O)[C@H](C)NC(=O)CC/C=C\C/C=C\C/C=C\C/C=C\C/C=C\C/C=C\CC)nc21. The van der Waals surface area contributed by atoms with Crippen molar-refractivity contribution in [3.63, 3.8) is 0 Å². The average Bonchev–Trinajstić information content (AvgIpc) is 3.39. The number of nitrogens with zero attached hydrogens (tertiary/aromatic N) is 4. The summed E-state index contributed by atoms with van der Waals surface area (Å²) in [5.41, 5.74) is 1.26. The third-order valence-electron chi connectivity index (χ3n) is 6.28. The minimum absolute atomic E-state index is 0.0577. The van der Waals surface area contributed by atoms with Crippen LogP contribution in [0.25, 0.3) is 11.2 Å². The Labute approximate surface area is 257 Å². The zero-order valence-electron chi connectivity index (χ0n) is 25.8. The van der Waals surface area contributed by atoms with E-state index >= 15 is 0 Å². The summed E-state index contributed by atoms with van der Waals surface area (Å²) in [5.74, 6) is -0.350. The molecular weight excluding hydrogens is 536 g/mol. The van der Waals surface area contributed by atoms with Crippen LogP contribution in [0.2, 0.25) is 0 Å². The molecule has 2 aromatic rings. The van der Waals surface area contributed by atoms with Crippen LogP contribution in [0.4, 0.5) is 5.95 Å². The van der Waals surface area contributed by atoms with Gasteiger partial charge >= 0.3 is 0 Å². The van der Waals surface area contributed by atoms with E-state index in [0.717, 1.165) is 44.9 Å². The maximum atomic E-state index is 12.6. The van der Waals surface area contributed by atoms with Crippen molar-refractivity contribution in [1.29, 1.82) is 0 Å². The first kappa shape index (κ1) is 35.1. The van der Waals surface area contributed by atoms with Crippen LogP contribution < -0.4 is 10.6 Å². The summed E-state index contributed by atoms with van der Waals surface area (Å²) in [7, 11) is 0. The van der Waals surface area contributed by atoms with Gasteiger partial charge in [0.15, 0.2) is 5.65 Å². The molecule has 0 aromatic carbocycles. The third-order valence-corrected chi connectivity index (χ3v) is 6.28. The number of aromatic nitrogens is 4. The second-order valence-electron chi connectivity index (χ2n) is 10.2. The lowest BCUT2D eigenvalue weighted by Gasteiger charge is -2.13. The molecule has 0 bridgehead atoms. The van der Waals surface area contributed by atoms with Crippen LogP contribution in [0.3, 0.4) is 0 Å². The van der Waals surface area contributed by atoms with E-state index in [9.17, 15) is 9.59 Å². The first-order valence-corrected chi connectivity index (χ1v) is 15.2. The van der Waals surface area contributed by atoms with Gasteiger partial charge in [0.25, 0.3) is 0 Å². The Kier molecular flexibility index (Phi) is 17.7. The molecule has 2 heterocycles. The van der Waals surface area contributed by atoms with Crippen molar-refractivity contribution in [2.75, 3.05) is 5.32 Å². The molecule has 0 saturated heterocycles. The standard InChI is InChI=1S/C35H48N6O2/c1-5-6-7-8-9-10-11-12-13-14-15-16-17-18-19-20-21-22-23-24-32(42)38-30(4)34(43)40-35-36-27-31-33(39-35)41(28-37-31)26-25-29(2)3/h6-7,9-10,12-13,15-16,18-19,21-22,27-30H,2-3,5,8,11,14,17,20,23-26H2,1,4H3,(H,38,42)(H,36,39,40,43)/b7-6-,10-9-,13-12-,16-15-,19-18-,22-21-/t30-/m0/s1. The number of allylic oxidation sites excluding steroid dienone is 12. The van der Waals surface area contributed by atoms with Crippen LogP contribution in [0.1, 0.15) is 71.6 Å². The van der Waals surface area contributed by atoms with Gasteiger partial charge in [0.1, 0.15) is 11.6 Å². The van der Waals surface area contributed by atoms with E-state index in [1.54, 1.807) is 19.4 Å². The average molecular weight is 585 g/mol. The Morgan fingerprint density at radius 1 is 0.860 bits per heavy atom. The zero-order valence-corrected chi connectivity index (χ0v) is 25.8. The highest BCUT2D eigenvalue weighted by atomic mass is 16.2. The zero-order chi connectivity index (χ0) is 31.1. The largest absolute Gasteiger partial charge is 0.345 e. The topological polar surface area (TPSA) is 102 Å². The van der Waals surface area contributed by atoms with E-state index in [-0.39, 0.29) is 23.7 Å². The smallest absolute Gasteiger partial charge is 0.249 e. The van der Waals surface area contributed by atoms with Crippen molar-refractivity contribution in [3.05, 3.63) is 99.3 Å². The van der Waals surface area contributed by atoms with Crippen molar-refractivity contribution in [2.24, 2.45) is 5.92 Å². The number of rotatable bonds is 20. The molecular formula is C35H48N6O2. The van der Waals surface area contributed by atoms with Crippen LogP contribution in [0.5, 0.6) is 0 Å². The van der Waals surface area contributed by atoms with Crippen LogP contribution >= 0.6 is 0 Å². The van der Waals surface area contributed by atoms with Gasteiger partial charge in [-0.25, -0.2) is 9.97 Å². The number of hydrogen-bond donors (Lipinski definition) is 2. The van der Waals surface area contributed by atoms with Crippen molar-refractivity contribution < 1.29 is 9.59 Å². The molecule has 8 heteroatoms. The highest BCUT2D eigenvalue weighted by Crippen LogP contribution is 2.13. The highest BCUT2D eigenvalue weighted by Gasteiger charge is 2.17. The number of nitrogens with one attached hydrogen (secondary N) is 2. The van der Waals surface area contributed by atoms with Gasteiger partial charge in [0, 0.05) is 13.0 Å². The molecule has 0 aliphatic heterocycles. The van der Waals surface area contributed by atoms with E-state index in [1.165, 1.54) is 0 Å². The molecule has 2 N–H and O–H groups in total. The minimum atomic E-state index is -0.722. The van der Waals surface area contributed by atoms with Crippen LogP contribution in [0.15, 0.2) is 85.4 Å². The summed E-state index contributed by atoms with van der Waals surface area (Å²) in [6.45, 7) is 12.2. The molecule has 2 rings (SSSR count). The molecule has 2 radical (unpaired) electrons. The lowest BCUT2D eigenvalue weighted by molar-refractivity contribution is -0.126. The van der Waals surface area contributed by atoms with Gasteiger partial charge in [-0.1, -0.05) is 93.7 Å². The Balaban J connectivity index is 1.58. The van der Waals surface area contributed by atoms with Crippen molar-refractivity contribution in [1.82, 2.24) is 24.8 Å². The van der Waals surface area contributed by atoms with Crippen molar-refractivity contribution in [3.8, 4) is 0 Å². The van der Waals surface area contributed by atoms with E-state index in [2.05, 4.69) is 107 Å². The number of anilines is 1. The first-order chi connectivity index (χ1) is 20.9. The fourth-order valence-electron chi connectivity index (χ4n) is 3.85. The Bertz CT molecular complexity index is 1280. The van der Waals surface area contributed by atoms with Gasteiger partial charge in [-0.05, 0) is 64.2 Å². The van der Waals surface area contributed by atoms with Gasteiger partial charge in [0.05, 0.1) is 12.5 Å². The van der Waals surface area contributed by atoms with Gasteiger partial charge < -0.3 is 9.88 Å². The summed E-state index contributed by atoms with van der Waals surface area (Å²) < 4.78 is 1.89. The summed E-state index contributed by atoms with van der Waals surface area (Å²) in [6.07, 6.45) is 36.5. The maximum Gasteiger partial charge on any atom is 0.249 e. The van der Waals surface area contributed by atoms with Gasteiger partial charge in [-0.15, -0.1) is 0 Å². The second-order valence-corrected chi connectivity index (χ2v) is 10.2. The van der Waals surface area contributed by atoms with Crippen LogP contribution in [-0.4, -0.2) is 37.4 Å². The van der Waals surface area contributed by atoms with Crippen LogP contribution in [0, 0.1) is 19.8 Å². The first-order valence-electron chi connectivity index (χ1n) is 15.2. The molecule has 0 aliphatic rings. The molecule has 43 heavy (non-hydrogen) atoms. The molecule has 230 valence electrons. The minimum Gasteiger partial charge on any atom is -0.345 e. The van der Waals surface area contributed by atoms with Gasteiger partial charge in [-0.3, -0.25) is 14.9 Å². The Morgan fingerprint density at radius 3 is 1.98 bits per heavy atom. The summed E-state index contributed by atoms with van der Waals surface area (Å²) in [5, 5.41) is 5.41. The third kappa shape index (κ3) is 15.7. The van der Waals surface area contributed by atoms with Gasteiger partial charge in [0.2, 0.25) is 17.8 Å². The number of carbonyl (C=O) groups is 2. The van der Waals surface area contributed by atoms with E-state index in [1.807, 2.05) is 16.7 Å².